The van der Waals surface area contributed by atoms with E-state index in [2.05, 4.69) is 30.7 Å². The summed E-state index contributed by atoms with van der Waals surface area (Å²) in [7, 11) is 1.91. The highest BCUT2D eigenvalue weighted by Crippen LogP contribution is 2.40. The number of fused-ring (bicyclic) bond motifs is 1. The number of aromatic nitrogens is 4. The summed E-state index contributed by atoms with van der Waals surface area (Å²) in [6.45, 7) is 4.38. The minimum Gasteiger partial charge on any atom is -0.414 e. The van der Waals surface area contributed by atoms with Crippen LogP contribution in [0.2, 0.25) is 0 Å². The second kappa shape index (κ2) is 9.38. The van der Waals surface area contributed by atoms with Gasteiger partial charge in [0.05, 0.1) is 6.20 Å². The van der Waals surface area contributed by atoms with E-state index in [1.54, 1.807) is 6.20 Å². The second-order valence-corrected chi connectivity index (χ2v) is 9.04. The maximum Gasteiger partial charge on any atom is 0.270 e. The number of rotatable bonds is 7. The zero-order chi connectivity index (χ0) is 23.7. The Bertz CT molecular complexity index is 1160. The lowest BCUT2D eigenvalue weighted by Gasteiger charge is -2.22. The van der Waals surface area contributed by atoms with E-state index in [0.29, 0.717) is 29.8 Å². The molecule has 0 bridgehead atoms. The summed E-state index contributed by atoms with van der Waals surface area (Å²) in [5.41, 5.74) is 8.51. The number of nitrogens with zero attached hydrogens (tertiary/aromatic N) is 5. The van der Waals surface area contributed by atoms with Gasteiger partial charge in [-0.1, -0.05) is 19.1 Å². The molecule has 1 saturated heterocycles. The van der Waals surface area contributed by atoms with E-state index in [-0.39, 0.29) is 23.7 Å². The number of carbonyl (C=O) groups is 1. The molecule has 1 amide bonds. The lowest BCUT2D eigenvalue weighted by atomic mass is 9.98. The van der Waals surface area contributed by atoms with Crippen molar-refractivity contribution in [1.82, 2.24) is 30.8 Å². The molecule has 3 aromatic rings. The van der Waals surface area contributed by atoms with Gasteiger partial charge in [0.1, 0.15) is 5.82 Å². The predicted octanol–water partition coefficient (Wildman–Crippen LogP) is 2.24. The maximum atomic E-state index is 11.9. The summed E-state index contributed by atoms with van der Waals surface area (Å²) in [5, 5.41) is 14.7. The quantitative estimate of drug-likeness (QED) is 0.483. The average Bonchev–Trinajstić information content (AvgIpc) is 3.58. The smallest absolute Gasteiger partial charge is 0.270 e. The molecule has 34 heavy (non-hydrogen) atoms. The molecule has 0 radical (unpaired) electrons. The maximum absolute atomic E-state index is 11.9. The molecule has 5 rings (SSSR count). The van der Waals surface area contributed by atoms with Gasteiger partial charge in [-0.2, -0.15) is 0 Å². The first kappa shape index (κ1) is 22.3. The lowest BCUT2D eigenvalue weighted by Crippen LogP contribution is -2.39. The Morgan fingerprint density at radius 2 is 1.97 bits per heavy atom. The van der Waals surface area contributed by atoms with Gasteiger partial charge >= 0.3 is 0 Å². The molecular weight excluding hydrogens is 432 g/mol. The SMILES string of the molecule is CCC(=O)NC1CCC2CN(c3cnc(N)c(-c4nnc(-c5ccc(CNC)cc5)o4)n3)C[C@@H]21. The third-order valence-electron chi connectivity index (χ3n) is 6.85. The minimum atomic E-state index is 0.113. The van der Waals surface area contributed by atoms with Gasteiger partial charge in [0.2, 0.25) is 11.8 Å². The van der Waals surface area contributed by atoms with E-state index in [9.17, 15) is 4.79 Å². The monoisotopic (exact) mass is 462 g/mol. The fraction of sp³-hybridized carbons (Fsp3) is 0.458. The molecule has 3 heterocycles. The molecule has 0 spiro atoms. The normalized spacial score (nSPS) is 21.6. The Labute approximate surface area is 198 Å². The molecule has 2 fully saturated rings. The number of anilines is 2. The number of hydrogen-bond acceptors (Lipinski definition) is 9. The molecule has 4 N–H and O–H groups in total. The molecule has 1 aliphatic heterocycles. The van der Waals surface area contributed by atoms with Crippen LogP contribution in [-0.4, -0.2) is 52.3 Å². The van der Waals surface area contributed by atoms with Crippen molar-refractivity contribution in [2.45, 2.75) is 38.8 Å². The Kier molecular flexibility index (Phi) is 6.14. The van der Waals surface area contributed by atoms with Crippen molar-refractivity contribution in [3.05, 3.63) is 36.0 Å². The van der Waals surface area contributed by atoms with E-state index in [1.165, 1.54) is 5.56 Å². The first-order valence-electron chi connectivity index (χ1n) is 11.8. The number of amides is 1. The van der Waals surface area contributed by atoms with Gasteiger partial charge in [-0.3, -0.25) is 4.79 Å². The second-order valence-electron chi connectivity index (χ2n) is 9.04. The van der Waals surface area contributed by atoms with Crippen LogP contribution in [0.3, 0.4) is 0 Å². The van der Waals surface area contributed by atoms with E-state index in [0.717, 1.165) is 43.9 Å². The molecular formula is C24H30N8O2. The fourth-order valence-electron chi connectivity index (χ4n) is 5.04. The van der Waals surface area contributed by atoms with Crippen molar-refractivity contribution in [3.8, 4) is 23.0 Å². The van der Waals surface area contributed by atoms with Gasteiger partial charge in [-0.15, -0.1) is 10.2 Å². The zero-order valence-corrected chi connectivity index (χ0v) is 19.5. The number of nitrogens with two attached hydrogens (primary N) is 1. The highest BCUT2D eigenvalue weighted by atomic mass is 16.4. The van der Waals surface area contributed by atoms with Crippen LogP contribution >= 0.6 is 0 Å². The molecule has 10 heteroatoms. The number of nitrogen functional groups attached to an aromatic ring is 1. The van der Waals surface area contributed by atoms with Gasteiger partial charge < -0.3 is 25.7 Å². The number of benzene rings is 1. The van der Waals surface area contributed by atoms with Gasteiger partial charge in [0, 0.05) is 43.6 Å². The van der Waals surface area contributed by atoms with Gasteiger partial charge in [-0.05, 0) is 43.5 Å². The van der Waals surface area contributed by atoms with Gasteiger partial charge in [-0.25, -0.2) is 9.97 Å². The van der Waals surface area contributed by atoms with E-state index >= 15 is 0 Å². The molecule has 2 aliphatic rings. The standard InChI is InChI=1S/C24H30N8O2/c1-3-20(33)28-18-9-8-16-12-32(13-17(16)18)19-11-27-22(25)21(29-19)24-31-30-23(34-24)15-6-4-14(5-7-15)10-26-2/h4-7,11,16-18,26H,3,8-10,12-13H2,1-2H3,(H2,25,27)(H,28,33)/t16?,17-,18?/m0/s1. The number of hydrogen-bond donors (Lipinski definition) is 3. The fourth-order valence-corrected chi connectivity index (χ4v) is 5.04. The largest absolute Gasteiger partial charge is 0.414 e. The molecule has 1 saturated carbocycles. The first-order chi connectivity index (χ1) is 16.6. The molecule has 1 aromatic carbocycles. The highest BCUT2D eigenvalue weighted by Gasteiger charge is 2.43. The van der Waals surface area contributed by atoms with Crippen molar-refractivity contribution in [3.63, 3.8) is 0 Å². The van der Waals surface area contributed by atoms with E-state index in [4.69, 9.17) is 15.1 Å². The number of nitrogens with one attached hydrogen (secondary N) is 2. The van der Waals surface area contributed by atoms with Crippen LogP contribution in [-0.2, 0) is 11.3 Å². The molecule has 10 nitrogen and oxygen atoms in total. The Morgan fingerprint density at radius 1 is 1.18 bits per heavy atom. The van der Waals surface area contributed by atoms with E-state index < -0.39 is 0 Å². The highest BCUT2D eigenvalue weighted by molar-refractivity contribution is 5.76. The summed E-state index contributed by atoms with van der Waals surface area (Å²) >= 11 is 0. The van der Waals surface area contributed by atoms with Crippen LogP contribution in [0.15, 0.2) is 34.9 Å². The summed E-state index contributed by atoms with van der Waals surface area (Å²) in [4.78, 5) is 23.2. The van der Waals surface area contributed by atoms with Crippen LogP contribution < -0.4 is 21.3 Å². The molecule has 178 valence electrons. The zero-order valence-electron chi connectivity index (χ0n) is 19.5. The van der Waals surface area contributed by atoms with Crippen molar-refractivity contribution in [2.24, 2.45) is 11.8 Å². The Morgan fingerprint density at radius 3 is 2.74 bits per heavy atom. The Balaban J connectivity index is 1.34. The molecule has 2 aromatic heterocycles. The third-order valence-corrected chi connectivity index (χ3v) is 6.85. The summed E-state index contributed by atoms with van der Waals surface area (Å²) in [6, 6.07) is 8.16. The van der Waals surface area contributed by atoms with Gasteiger partial charge in [0.15, 0.2) is 11.5 Å². The first-order valence-corrected chi connectivity index (χ1v) is 11.8. The molecule has 2 unspecified atom stereocenters. The Hall–Kier alpha value is -3.53. The predicted molar refractivity (Wildman–Crippen MR) is 129 cm³/mol. The van der Waals surface area contributed by atoms with Crippen LogP contribution in [0.25, 0.3) is 23.0 Å². The van der Waals surface area contributed by atoms with Gasteiger partial charge in [0.25, 0.3) is 5.89 Å². The van der Waals surface area contributed by atoms with Crippen LogP contribution in [0, 0.1) is 11.8 Å². The van der Waals surface area contributed by atoms with Crippen molar-refractivity contribution >= 4 is 17.5 Å². The van der Waals surface area contributed by atoms with Crippen molar-refractivity contribution < 1.29 is 9.21 Å². The summed E-state index contributed by atoms with van der Waals surface area (Å²) < 4.78 is 5.92. The van der Waals surface area contributed by atoms with Crippen LogP contribution in [0.5, 0.6) is 0 Å². The minimum absolute atomic E-state index is 0.113. The average molecular weight is 463 g/mol. The molecule has 3 atom stereocenters. The summed E-state index contributed by atoms with van der Waals surface area (Å²) in [6.07, 6.45) is 4.34. The van der Waals surface area contributed by atoms with E-state index in [1.807, 2.05) is 38.2 Å². The van der Waals surface area contributed by atoms with Crippen LogP contribution in [0.1, 0.15) is 31.7 Å². The van der Waals surface area contributed by atoms with Crippen LogP contribution in [0.4, 0.5) is 11.6 Å². The topological polar surface area (TPSA) is 135 Å². The third kappa shape index (κ3) is 4.33. The number of carbonyl (C=O) groups excluding carboxylic acids is 1. The van der Waals surface area contributed by atoms with Crippen molar-refractivity contribution in [1.29, 1.82) is 0 Å². The molecule has 1 aliphatic carbocycles. The summed E-state index contributed by atoms with van der Waals surface area (Å²) in [5.74, 6) is 2.69. The van der Waals surface area contributed by atoms with Crippen molar-refractivity contribution in [2.75, 3.05) is 30.8 Å². The lowest BCUT2D eigenvalue weighted by molar-refractivity contribution is -0.121.